The number of hydrogen-bond donors (Lipinski definition) is 0. The van der Waals surface area contributed by atoms with Gasteiger partial charge in [-0.1, -0.05) is 16.8 Å². The Labute approximate surface area is 137 Å². The number of halogens is 1. The van der Waals surface area contributed by atoms with Crippen LogP contribution in [0.25, 0.3) is 11.1 Å². The zero-order valence-electron chi connectivity index (χ0n) is 13.2. The van der Waals surface area contributed by atoms with E-state index in [2.05, 4.69) is 15.2 Å². The van der Waals surface area contributed by atoms with Gasteiger partial charge in [-0.25, -0.2) is 9.78 Å². The topological polar surface area (TPSA) is 83.0 Å². The Balaban J connectivity index is 1.91. The van der Waals surface area contributed by atoms with Crippen molar-refractivity contribution >= 4 is 28.7 Å². The molecule has 3 aromatic heterocycles. The third-order valence-electron chi connectivity index (χ3n) is 3.58. The zero-order valence-corrected chi connectivity index (χ0v) is 13.9. The second-order valence-corrected chi connectivity index (χ2v) is 5.67. The van der Waals surface area contributed by atoms with E-state index in [1.165, 1.54) is 0 Å². The highest BCUT2D eigenvalue weighted by Gasteiger charge is 2.20. The maximum Gasteiger partial charge on any atom is 0.339 e. The van der Waals surface area contributed by atoms with E-state index in [1.54, 1.807) is 31.6 Å². The first-order chi connectivity index (χ1) is 10.9. The fraction of sp³-hybridized carbons (Fsp3) is 0.333. The molecule has 3 heterocycles. The summed E-state index contributed by atoms with van der Waals surface area (Å²) < 4.78 is 12.1. The minimum atomic E-state index is -0.480. The standard InChI is InChI=1S/C15H15ClN4O3/c1-7-5-10(12-9(3)19-23-14(12)17-7)15(21)22-6-11-8(2)18-20(4)13(11)16/h5H,6H2,1-4H3. The molecule has 0 aliphatic heterocycles. The molecule has 0 aliphatic carbocycles. The van der Waals surface area contributed by atoms with Crippen molar-refractivity contribution in [2.24, 2.45) is 7.05 Å². The first kappa shape index (κ1) is 15.5. The number of carbonyl (C=O) groups excluding carboxylic acids is 1. The fourth-order valence-electron chi connectivity index (χ4n) is 2.43. The predicted molar refractivity (Wildman–Crippen MR) is 83.4 cm³/mol. The van der Waals surface area contributed by atoms with E-state index in [-0.39, 0.29) is 6.61 Å². The van der Waals surface area contributed by atoms with E-state index in [0.717, 1.165) is 5.69 Å². The van der Waals surface area contributed by atoms with E-state index in [0.29, 0.717) is 38.8 Å². The van der Waals surface area contributed by atoms with Gasteiger partial charge in [-0.15, -0.1) is 0 Å². The van der Waals surface area contributed by atoms with Crippen LogP contribution < -0.4 is 0 Å². The lowest BCUT2D eigenvalue weighted by Gasteiger charge is -2.06. The summed E-state index contributed by atoms with van der Waals surface area (Å²) in [6, 6.07) is 1.66. The Bertz CT molecular complexity index is 913. The molecule has 0 spiro atoms. The lowest BCUT2D eigenvalue weighted by molar-refractivity contribution is 0.0474. The largest absolute Gasteiger partial charge is 0.457 e. The number of aryl methyl sites for hydroxylation is 4. The van der Waals surface area contributed by atoms with Crippen LogP contribution in [-0.4, -0.2) is 25.9 Å². The second kappa shape index (κ2) is 5.66. The SMILES string of the molecule is Cc1cc(C(=O)OCc2c(C)nn(C)c2Cl)c2c(C)noc2n1. The molecular weight excluding hydrogens is 320 g/mol. The van der Waals surface area contributed by atoms with E-state index < -0.39 is 5.97 Å². The van der Waals surface area contributed by atoms with Crippen molar-refractivity contribution in [1.29, 1.82) is 0 Å². The summed E-state index contributed by atoms with van der Waals surface area (Å²) in [4.78, 5) is 16.7. The van der Waals surface area contributed by atoms with Crippen molar-refractivity contribution in [3.63, 3.8) is 0 Å². The summed E-state index contributed by atoms with van der Waals surface area (Å²) >= 11 is 6.15. The zero-order chi connectivity index (χ0) is 16.7. The Hall–Kier alpha value is -2.41. The summed E-state index contributed by atoms with van der Waals surface area (Å²) in [6.45, 7) is 5.39. The molecular formula is C15H15ClN4O3. The second-order valence-electron chi connectivity index (χ2n) is 5.31. The number of rotatable bonds is 3. The van der Waals surface area contributed by atoms with Crippen molar-refractivity contribution in [2.75, 3.05) is 0 Å². The summed E-state index contributed by atoms with van der Waals surface area (Å²) in [5.41, 5.74) is 3.36. The maximum absolute atomic E-state index is 12.5. The van der Waals surface area contributed by atoms with Crippen molar-refractivity contribution in [1.82, 2.24) is 19.9 Å². The van der Waals surface area contributed by atoms with Crippen LogP contribution in [0.5, 0.6) is 0 Å². The molecule has 0 saturated carbocycles. The van der Waals surface area contributed by atoms with Gasteiger partial charge in [0, 0.05) is 18.3 Å². The highest BCUT2D eigenvalue weighted by Crippen LogP contribution is 2.24. The summed E-state index contributed by atoms with van der Waals surface area (Å²) in [5.74, 6) is -0.480. The number of nitrogens with zero attached hydrogens (tertiary/aromatic N) is 4. The van der Waals surface area contributed by atoms with E-state index >= 15 is 0 Å². The normalized spacial score (nSPS) is 11.2. The van der Waals surface area contributed by atoms with Gasteiger partial charge in [0.1, 0.15) is 11.8 Å². The van der Waals surface area contributed by atoms with Crippen molar-refractivity contribution in [3.05, 3.63) is 39.4 Å². The number of fused-ring (bicyclic) bond motifs is 1. The number of carbonyl (C=O) groups is 1. The lowest BCUT2D eigenvalue weighted by atomic mass is 10.1. The van der Waals surface area contributed by atoms with Crippen LogP contribution in [-0.2, 0) is 18.4 Å². The molecule has 0 unspecified atom stereocenters. The third-order valence-corrected chi connectivity index (χ3v) is 4.06. The lowest BCUT2D eigenvalue weighted by Crippen LogP contribution is -2.07. The number of hydrogen-bond acceptors (Lipinski definition) is 6. The minimum Gasteiger partial charge on any atom is -0.457 e. The number of esters is 1. The fourth-order valence-corrected chi connectivity index (χ4v) is 2.66. The molecule has 0 aromatic carbocycles. The number of ether oxygens (including phenoxy) is 1. The highest BCUT2D eigenvalue weighted by molar-refractivity contribution is 6.30. The Morgan fingerprint density at radius 3 is 2.74 bits per heavy atom. The van der Waals surface area contributed by atoms with Crippen LogP contribution >= 0.6 is 11.6 Å². The smallest absolute Gasteiger partial charge is 0.339 e. The molecule has 0 bridgehead atoms. The molecule has 7 nitrogen and oxygen atoms in total. The van der Waals surface area contributed by atoms with E-state index in [4.69, 9.17) is 20.9 Å². The third kappa shape index (κ3) is 2.68. The van der Waals surface area contributed by atoms with Crippen LogP contribution in [0.2, 0.25) is 5.15 Å². The van der Waals surface area contributed by atoms with Crippen LogP contribution in [0.3, 0.4) is 0 Å². The molecule has 0 radical (unpaired) electrons. The Morgan fingerprint density at radius 2 is 2.09 bits per heavy atom. The van der Waals surface area contributed by atoms with Crippen molar-refractivity contribution in [3.8, 4) is 0 Å². The molecule has 120 valence electrons. The molecule has 0 N–H and O–H groups in total. The highest BCUT2D eigenvalue weighted by atomic mass is 35.5. The van der Waals surface area contributed by atoms with Gasteiger partial charge in [0.25, 0.3) is 5.71 Å². The van der Waals surface area contributed by atoms with Gasteiger partial charge in [-0.05, 0) is 26.8 Å². The molecule has 0 fully saturated rings. The molecule has 3 rings (SSSR count). The van der Waals surface area contributed by atoms with Crippen LogP contribution in [0, 0.1) is 20.8 Å². The first-order valence-electron chi connectivity index (χ1n) is 6.97. The van der Waals surface area contributed by atoms with Crippen molar-refractivity contribution in [2.45, 2.75) is 27.4 Å². The molecule has 0 amide bonds. The Kier molecular flexibility index (Phi) is 3.81. The molecule has 23 heavy (non-hydrogen) atoms. The van der Waals surface area contributed by atoms with Gasteiger partial charge in [-0.3, -0.25) is 4.68 Å². The minimum absolute atomic E-state index is 0.0462. The molecule has 3 aromatic rings. The summed E-state index contributed by atoms with van der Waals surface area (Å²) in [7, 11) is 1.73. The maximum atomic E-state index is 12.5. The average Bonchev–Trinajstić information content (AvgIpc) is 2.97. The molecule has 0 saturated heterocycles. The summed E-state index contributed by atoms with van der Waals surface area (Å²) in [5, 5.41) is 9.06. The van der Waals surface area contributed by atoms with Gasteiger partial charge in [0.2, 0.25) is 0 Å². The van der Waals surface area contributed by atoms with Gasteiger partial charge >= 0.3 is 5.97 Å². The van der Waals surface area contributed by atoms with Gasteiger partial charge in [-0.2, -0.15) is 5.10 Å². The van der Waals surface area contributed by atoms with Gasteiger partial charge in [0.15, 0.2) is 0 Å². The summed E-state index contributed by atoms with van der Waals surface area (Å²) in [6.07, 6.45) is 0. The monoisotopic (exact) mass is 334 g/mol. The van der Waals surface area contributed by atoms with Gasteiger partial charge < -0.3 is 9.26 Å². The predicted octanol–water partition coefficient (Wildman–Crippen LogP) is 2.89. The molecule has 8 heteroatoms. The quantitative estimate of drug-likeness (QED) is 0.685. The van der Waals surface area contributed by atoms with Gasteiger partial charge in [0.05, 0.1) is 22.3 Å². The van der Waals surface area contributed by atoms with E-state index in [1.807, 2.05) is 6.92 Å². The van der Waals surface area contributed by atoms with Crippen LogP contribution in [0.4, 0.5) is 0 Å². The molecule has 0 atom stereocenters. The first-order valence-corrected chi connectivity index (χ1v) is 7.35. The number of aromatic nitrogens is 4. The van der Waals surface area contributed by atoms with E-state index in [9.17, 15) is 4.79 Å². The van der Waals surface area contributed by atoms with Crippen LogP contribution in [0.15, 0.2) is 10.6 Å². The van der Waals surface area contributed by atoms with Crippen molar-refractivity contribution < 1.29 is 14.1 Å². The average molecular weight is 335 g/mol. The Morgan fingerprint density at radius 1 is 1.35 bits per heavy atom. The number of pyridine rings is 1. The van der Waals surface area contributed by atoms with Crippen LogP contribution in [0.1, 0.15) is 33.0 Å². The molecule has 0 aliphatic rings.